The molecule has 1 aromatic carbocycles. The minimum atomic E-state index is -1.81. The van der Waals surface area contributed by atoms with E-state index in [0.717, 1.165) is 32.0 Å². The summed E-state index contributed by atoms with van der Waals surface area (Å²) in [6, 6.07) is 12.4. The first-order chi connectivity index (χ1) is 17.9. The average Bonchev–Trinajstić information content (AvgIpc) is 3.64. The summed E-state index contributed by atoms with van der Waals surface area (Å²) in [6.45, 7) is 4.20. The molecular weight excluding hydrogens is 476 g/mol. The summed E-state index contributed by atoms with van der Waals surface area (Å²) in [7, 11) is 0. The van der Waals surface area contributed by atoms with Crippen LogP contribution in [-0.4, -0.2) is 75.0 Å². The smallest absolute Gasteiger partial charge is 0.348 e. The molecule has 2 aliphatic heterocycles. The van der Waals surface area contributed by atoms with Crippen molar-refractivity contribution in [2.75, 3.05) is 26.3 Å². The predicted octanol–water partition coefficient (Wildman–Crippen LogP) is -0.674. The highest BCUT2D eigenvalue weighted by molar-refractivity contribution is 5.91. The Bertz CT molecular complexity index is 1240. The number of hydrogen-bond acceptors (Lipinski definition) is 8. The van der Waals surface area contributed by atoms with Gasteiger partial charge < -0.3 is 20.8 Å². The van der Waals surface area contributed by atoms with E-state index >= 15 is 0 Å². The minimum Gasteiger partial charge on any atom is -0.626 e. The number of quaternary nitrogens is 1. The van der Waals surface area contributed by atoms with Gasteiger partial charge in [-0.2, -0.15) is 5.10 Å². The monoisotopic (exact) mass is 506 g/mol. The molecule has 5 rings (SSSR count). The third-order valence-electron chi connectivity index (χ3n) is 7.13. The molecule has 5 unspecified atom stereocenters. The van der Waals surface area contributed by atoms with Gasteiger partial charge in [0.05, 0.1) is 18.9 Å². The molecule has 194 valence electrons. The van der Waals surface area contributed by atoms with Crippen molar-refractivity contribution in [1.29, 1.82) is 0 Å². The third-order valence-corrected chi connectivity index (χ3v) is 7.13. The number of carbonyl (C=O) groups excluding carboxylic acids is 2. The van der Waals surface area contributed by atoms with Crippen molar-refractivity contribution >= 4 is 11.8 Å². The van der Waals surface area contributed by atoms with Crippen LogP contribution in [0.2, 0.25) is 0 Å². The molecule has 5 atom stereocenters. The number of fused-ring (bicyclic) bond motifs is 1. The Hall–Kier alpha value is -3.48. The van der Waals surface area contributed by atoms with Crippen LogP contribution in [0.3, 0.4) is 0 Å². The van der Waals surface area contributed by atoms with Crippen LogP contribution in [0.4, 0.5) is 0 Å². The number of nitrogens with zero attached hydrogens (tertiary/aromatic N) is 4. The zero-order chi connectivity index (χ0) is 25.9. The highest BCUT2D eigenvalue weighted by Crippen LogP contribution is 2.29. The van der Waals surface area contributed by atoms with Crippen LogP contribution in [0, 0.1) is 17.0 Å². The largest absolute Gasteiger partial charge is 0.626 e. The predicted molar refractivity (Wildman–Crippen MR) is 132 cm³/mol. The van der Waals surface area contributed by atoms with E-state index in [4.69, 9.17) is 10.5 Å². The third kappa shape index (κ3) is 5.45. The number of rotatable bonds is 9. The van der Waals surface area contributed by atoms with Gasteiger partial charge in [0.1, 0.15) is 11.6 Å². The quantitative estimate of drug-likeness (QED) is 0.323. The second-order valence-electron chi connectivity index (χ2n) is 9.71. The van der Waals surface area contributed by atoms with E-state index in [0.29, 0.717) is 23.9 Å². The number of nitrogens with two attached hydrogens (primary N) is 1. The lowest BCUT2D eigenvalue weighted by molar-refractivity contribution is -0.792. The summed E-state index contributed by atoms with van der Waals surface area (Å²) >= 11 is 0. The molecular formula is C26H30N6O5. The zero-order valence-corrected chi connectivity index (χ0v) is 20.3. The van der Waals surface area contributed by atoms with Crippen LogP contribution in [0.25, 0.3) is 5.82 Å². The second-order valence-corrected chi connectivity index (χ2v) is 9.71. The molecule has 3 aromatic rings. The Kier molecular flexibility index (Phi) is 7.40. The number of carbonyl (C=O) groups is 2. The lowest BCUT2D eigenvalue weighted by atomic mass is 10.00. The number of ether oxygens (including phenoxy) is 1. The Morgan fingerprint density at radius 1 is 1.14 bits per heavy atom. The maximum atomic E-state index is 13.4. The van der Waals surface area contributed by atoms with E-state index in [1.807, 2.05) is 6.07 Å². The molecule has 2 aromatic heterocycles. The summed E-state index contributed by atoms with van der Waals surface area (Å²) in [6.07, 6.45) is 1.40. The molecule has 2 amide bonds. The number of aliphatic hydroxyl groups excluding tert-OH is 1. The van der Waals surface area contributed by atoms with Crippen LogP contribution in [0.15, 0.2) is 60.9 Å². The van der Waals surface area contributed by atoms with Crippen molar-refractivity contribution in [3.05, 3.63) is 83.0 Å². The van der Waals surface area contributed by atoms with E-state index in [-0.39, 0.29) is 17.8 Å². The van der Waals surface area contributed by atoms with E-state index in [2.05, 4.69) is 15.0 Å². The maximum absolute atomic E-state index is 13.4. The first-order valence-electron chi connectivity index (χ1n) is 12.3. The van der Waals surface area contributed by atoms with Gasteiger partial charge in [0.15, 0.2) is 11.9 Å². The van der Waals surface area contributed by atoms with E-state index < -0.39 is 29.0 Å². The van der Waals surface area contributed by atoms with Crippen molar-refractivity contribution < 1.29 is 24.5 Å². The van der Waals surface area contributed by atoms with E-state index in [9.17, 15) is 19.9 Å². The summed E-state index contributed by atoms with van der Waals surface area (Å²) in [5.74, 6) is -0.609. The average molecular weight is 507 g/mol. The Labute approximate surface area is 214 Å². The van der Waals surface area contributed by atoms with Gasteiger partial charge in [-0.3, -0.25) is 14.8 Å². The highest BCUT2D eigenvalue weighted by Gasteiger charge is 2.37. The summed E-state index contributed by atoms with van der Waals surface area (Å²) in [5, 5.41) is 27.4. The summed E-state index contributed by atoms with van der Waals surface area (Å²) in [4.78, 5) is 31.8. The number of amides is 2. The van der Waals surface area contributed by atoms with Crippen molar-refractivity contribution in [2.45, 2.75) is 25.1 Å². The molecule has 37 heavy (non-hydrogen) atoms. The van der Waals surface area contributed by atoms with Crippen molar-refractivity contribution in [3.8, 4) is 5.82 Å². The minimum absolute atomic E-state index is 0.0140. The molecule has 4 N–H and O–H groups in total. The molecule has 0 radical (unpaired) electrons. The number of pyridine rings is 1. The van der Waals surface area contributed by atoms with Crippen molar-refractivity contribution in [2.24, 2.45) is 17.6 Å². The number of hydrogen-bond donors (Lipinski definition) is 3. The van der Waals surface area contributed by atoms with Gasteiger partial charge in [-0.1, -0.05) is 30.3 Å². The molecule has 0 bridgehead atoms. The molecule has 0 spiro atoms. The van der Waals surface area contributed by atoms with Gasteiger partial charge in [-0.25, -0.2) is 14.5 Å². The number of primary amides is 1. The molecule has 4 heterocycles. The molecule has 2 fully saturated rings. The number of nitrogens with one attached hydrogen (secondary N) is 1. The Morgan fingerprint density at radius 3 is 2.57 bits per heavy atom. The van der Waals surface area contributed by atoms with Crippen LogP contribution in [-0.2, 0) is 22.5 Å². The fourth-order valence-corrected chi connectivity index (χ4v) is 5.18. The lowest BCUT2D eigenvalue weighted by Crippen LogP contribution is -3.16. The number of aromatic nitrogens is 3. The zero-order valence-electron chi connectivity index (χ0n) is 20.3. The van der Waals surface area contributed by atoms with Crippen LogP contribution >= 0.6 is 0 Å². The highest BCUT2D eigenvalue weighted by atomic mass is 16.5. The van der Waals surface area contributed by atoms with Crippen molar-refractivity contribution in [1.82, 2.24) is 19.7 Å². The first-order valence-corrected chi connectivity index (χ1v) is 12.3. The number of benzene rings is 1. The topological polar surface area (TPSA) is 151 Å². The molecule has 2 aliphatic rings. The van der Waals surface area contributed by atoms with Gasteiger partial charge in [-0.15, -0.1) is 0 Å². The molecule has 0 saturated carbocycles. The normalized spacial score (nSPS) is 21.9. The van der Waals surface area contributed by atoms with E-state index in [1.165, 1.54) is 16.9 Å². The second kappa shape index (κ2) is 10.9. The lowest BCUT2D eigenvalue weighted by Gasteiger charge is -2.31. The molecule has 11 heteroatoms. The van der Waals surface area contributed by atoms with Gasteiger partial charge in [0, 0.05) is 50.3 Å². The molecule has 11 nitrogen and oxygen atoms in total. The molecule has 2 saturated heterocycles. The van der Waals surface area contributed by atoms with Crippen LogP contribution in [0.1, 0.15) is 21.6 Å². The Morgan fingerprint density at radius 2 is 1.86 bits per heavy atom. The SMILES string of the molecule is NC(=O)C(O)C(Cc1ccccc1)[NH+]([O-])C(=O)c1cccnc1-n1ccc(CN2CC3COCC3C2)n1. The summed E-state index contributed by atoms with van der Waals surface area (Å²) in [5.41, 5.74) is 6.84. The van der Waals surface area contributed by atoms with Gasteiger partial charge in [0.2, 0.25) is 0 Å². The maximum Gasteiger partial charge on any atom is 0.348 e. The fourth-order valence-electron chi connectivity index (χ4n) is 5.18. The Balaban J connectivity index is 1.35. The standard InChI is InChI=1S/C26H30N6O5/c27-24(34)23(33)22(11-17-5-2-1-3-6-17)32(36)26(35)21-7-4-9-28-25(21)31-10-8-20(29-31)14-30-12-18-15-37-16-19(18)13-30/h1-10,18-19,22-23,32-33H,11-16H2,(H2,27,34). The van der Waals surface area contributed by atoms with Gasteiger partial charge in [-0.05, 0) is 23.8 Å². The number of hydroxylamine groups is 2. The number of aliphatic hydroxyl groups is 1. The van der Waals surface area contributed by atoms with Crippen LogP contribution < -0.4 is 10.8 Å². The molecule has 0 aliphatic carbocycles. The van der Waals surface area contributed by atoms with Crippen LogP contribution in [0.5, 0.6) is 0 Å². The fraction of sp³-hybridized carbons (Fsp3) is 0.385. The van der Waals surface area contributed by atoms with Gasteiger partial charge >= 0.3 is 5.91 Å². The van der Waals surface area contributed by atoms with Gasteiger partial charge in [0.25, 0.3) is 5.91 Å². The van der Waals surface area contributed by atoms with Crippen molar-refractivity contribution in [3.63, 3.8) is 0 Å². The summed E-state index contributed by atoms with van der Waals surface area (Å²) < 4.78 is 7.03. The number of likely N-dealkylation sites (tertiary alicyclic amines) is 1. The van der Waals surface area contributed by atoms with E-state index in [1.54, 1.807) is 42.6 Å². The first kappa shape index (κ1) is 25.2.